The van der Waals surface area contributed by atoms with Crippen LogP contribution in [0.25, 0.3) is 0 Å². The van der Waals surface area contributed by atoms with Crippen LogP contribution in [0.3, 0.4) is 0 Å². The van der Waals surface area contributed by atoms with Crippen molar-refractivity contribution in [1.82, 2.24) is 14.9 Å². The SMILES string of the molecule is Cc1cc(C)n(CC(=O)NCC[C@@H](c2ccc(F)cc2)c2ccco2)c(=O)n1. The molecule has 0 bridgehead atoms. The molecule has 0 aliphatic rings. The van der Waals surface area contributed by atoms with E-state index in [2.05, 4.69) is 10.3 Å². The summed E-state index contributed by atoms with van der Waals surface area (Å²) in [6.07, 6.45) is 2.16. The van der Waals surface area contributed by atoms with Gasteiger partial charge >= 0.3 is 5.69 Å². The molecule has 1 aromatic carbocycles. The van der Waals surface area contributed by atoms with Crippen LogP contribution in [0.5, 0.6) is 0 Å². The number of hydrogen-bond acceptors (Lipinski definition) is 4. The summed E-state index contributed by atoms with van der Waals surface area (Å²) in [6, 6.07) is 11.7. The molecule has 0 aliphatic carbocycles. The highest BCUT2D eigenvalue weighted by molar-refractivity contribution is 5.75. The summed E-state index contributed by atoms with van der Waals surface area (Å²) < 4.78 is 20.1. The van der Waals surface area contributed by atoms with Crippen molar-refractivity contribution in [3.05, 3.63) is 87.7 Å². The Bertz CT molecular complexity index is 995. The number of halogens is 1. The Morgan fingerprint density at radius 2 is 2.00 bits per heavy atom. The Kier molecular flexibility index (Phi) is 6.03. The van der Waals surface area contributed by atoms with Gasteiger partial charge in [0, 0.05) is 23.9 Å². The first-order chi connectivity index (χ1) is 13.4. The molecule has 146 valence electrons. The van der Waals surface area contributed by atoms with Crippen molar-refractivity contribution in [2.45, 2.75) is 32.7 Å². The minimum atomic E-state index is -0.438. The van der Waals surface area contributed by atoms with Crippen molar-refractivity contribution in [3.8, 4) is 0 Å². The van der Waals surface area contributed by atoms with Crippen LogP contribution in [0, 0.1) is 19.7 Å². The number of hydrogen-bond donors (Lipinski definition) is 1. The van der Waals surface area contributed by atoms with Gasteiger partial charge in [-0.05, 0) is 56.2 Å². The minimum absolute atomic E-state index is 0.0834. The van der Waals surface area contributed by atoms with Crippen molar-refractivity contribution >= 4 is 5.91 Å². The molecule has 0 saturated carbocycles. The molecule has 0 unspecified atom stereocenters. The monoisotopic (exact) mass is 383 g/mol. The molecule has 1 amide bonds. The van der Waals surface area contributed by atoms with Crippen LogP contribution in [-0.4, -0.2) is 22.0 Å². The van der Waals surface area contributed by atoms with Crippen LogP contribution < -0.4 is 11.0 Å². The molecular weight excluding hydrogens is 361 g/mol. The lowest BCUT2D eigenvalue weighted by molar-refractivity contribution is -0.121. The second-order valence-electron chi connectivity index (χ2n) is 6.67. The number of carbonyl (C=O) groups is 1. The molecule has 1 atom stereocenters. The first kappa shape index (κ1) is 19.5. The van der Waals surface area contributed by atoms with Crippen LogP contribution >= 0.6 is 0 Å². The standard InChI is InChI=1S/C21H22FN3O3/c1-14-12-15(2)25(21(27)24-14)13-20(26)23-10-9-18(19-4-3-11-28-19)16-5-7-17(22)8-6-16/h3-8,11-12,18H,9-10,13H2,1-2H3,(H,23,26)/t18-/m0/s1. The molecule has 7 heteroatoms. The summed E-state index contributed by atoms with van der Waals surface area (Å²) in [6.45, 7) is 3.81. The molecule has 0 saturated heterocycles. The zero-order chi connectivity index (χ0) is 20.1. The number of rotatable bonds is 7. The molecule has 3 aromatic rings. The summed E-state index contributed by atoms with van der Waals surface area (Å²) in [4.78, 5) is 28.1. The van der Waals surface area contributed by atoms with Crippen LogP contribution in [0.15, 0.2) is 57.9 Å². The minimum Gasteiger partial charge on any atom is -0.469 e. The number of aromatic nitrogens is 2. The highest BCUT2D eigenvalue weighted by atomic mass is 19.1. The largest absolute Gasteiger partial charge is 0.469 e. The molecule has 2 heterocycles. The van der Waals surface area contributed by atoms with E-state index in [9.17, 15) is 14.0 Å². The highest BCUT2D eigenvalue weighted by Crippen LogP contribution is 2.28. The topological polar surface area (TPSA) is 77.1 Å². The number of furan rings is 1. The second-order valence-corrected chi connectivity index (χ2v) is 6.67. The Morgan fingerprint density at radius 1 is 1.25 bits per heavy atom. The number of benzene rings is 1. The van der Waals surface area contributed by atoms with Crippen molar-refractivity contribution in [2.24, 2.45) is 0 Å². The van der Waals surface area contributed by atoms with E-state index < -0.39 is 5.69 Å². The molecule has 0 spiro atoms. The van der Waals surface area contributed by atoms with Crippen LogP contribution in [-0.2, 0) is 11.3 Å². The Morgan fingerprint density at radius 3 is 2.64 bits per heavy atom. The van der Waals surface area contributed by atoms with E-state index in [4.69, 9.17) is 4.42 Å². The fourth-order valence-electron chi connectivity index (χ4n) is 3.18. The molecule has 6 nitrogen and oxygen atoms in total. The van der Waals surface area contributed by atoms with E-state index in [1.54, 1.807) is 44.4 Å². The molecule has 2 aromatic heterocycles. The van der Waals surface area contributed by atoms with Gasteiger partial charge in [-0.2, -0.15) is 4.98 Å². The van der Waals surface area contributed by atoms with Crippen molar-refractivity contribution in [3.63, 3.8) is 0 Å². The Hall–Kier alpha value is -3.22. The maximum absolute atomic E-state index is 13.2. The normalized spacial score (nSPS) is 12.0. The zero-order valence-corrected chi connectivity index (χ0v) is 15.8. The van der Waals surface area contributed by atoms with Crippen LogP contribution in [0.4, 0.5) is 4.39 Å². The smallest absolute Gasteiger partial charge is 0.348 e. The van der Waals surface area contributed by atoms with Crippen molar-refractivity contribution < 1.29 is 13.6 Å². The first-order valence-corrected chi connectivity index (χ1v) is 9.04. The van der Waals surface area contributed by atoms with Gasteiger partial charge in [-0.15, -0.1) is 0 Å². The summed E-state index contributed by atoms with van der Waals surface area (Å²) in [7, 11) is 0. The zero-order valence-electron chi connectivity index (χ0n) is 15.8. The average molecular weight is 383 g/mol. The number of nitrogens with one attached hydrogen (secondary N) is 1. The molecule has 28 heavy (non-hydrogen) atoms. The van der Waals surface area contributed by atoms with Crippen LogP contribution in [0.1, 0.15) is 35.1 Å². The maximum Gasteiger partial charge on any atom is 0.348 e. The van der Waals surface area contributed by atoms with Gasteiger partial charge < -0.3 is 9.73 Å². The number of nitrogens with zero attached hydrogens (tertiary/aromatic N) is 2. The van der Waals surface area contributed by atoms with Crippen LogP contribution in [0.2, 0.25) is 0 Å². The van der Waals surface area contributed by atoms with Gasteiger partial charge in [0.05, 0.1) is 6.26 Å². The molecule has 0 radical (unpaired) electrons. The number of aryl methyl sites for hydroxylation is 2. The third-order valence-corrected chi connectivity index (χ3v) is 4.56. The number of amides is 1. The fourth-order valence-corrected chi connectivity index (χ4v) is 3.18. The summed E-state index contributed by atoms with van der Waals surface area (Å²) >= 11 is 0. The van der Waals surface area contributed by atoms with E-state index in [1.165, 1.54) is 16.7 Å². The lowest BCUT2D eigenvalue weighted by atomic mass is 9.93. The fraction of sp³-hybridized carbons (Fsp3) is 0.286. The highest BCUT2D eigenvalue weighted by Gasteiger charge is 2.17. The second kappa shape index (κ2) is 8.65. The predicted molar refractivity (Wildman–Crippen MR) is 103 cm³/mol. The quantitative estimate of drug-likeness (QED) is 0.681. The number of carbonyl (C=O) groups excluding carboxylic acids is 1. The molecular formula is C21H22FN3O3. The van der Waals surface area contributed by atoms with Crippen molar-refractivity contribution in [2.75, 3.05) is 6.54 Å². The third-order valence-electron chi connectivity index (χ3n) is 4.56. The summed E-state index contributed by atoms with van der Waals surface area (Å²) in [5.41, 5.74) is 1.78. The Balaban J connectivity index is 1.64. The molecule has 1 N–H and O–H groups in total. The first-order valence-electron chi connectivity index (χ1n) is 9.04. The van der Waals surface area contributed by atoms with E-state index in [0.29, 0.717) is 24.4 Å². The van der Waals surface area contributed by atoms with E-state index >= 15 is 0 Å². The van der Waals surface area contributed by atoms with Gasteiger partial charge in [0.25, 0.3) is 0 Å². The van der Waals surface area contributed by atoms with Crippen molar-refractivity contribution in [1.29, 1.82) is 0 Å². The van der Waals surface area contributed by atoms with Gasteiger partial charge in [0.15, 0.2) is 0 Å². The lowest BCUT2D eigenvalue weighted by Gasteiger charge is -2.16. The van der Waals surface area contributed by atoms with Gasteiger partial charge in [-0.3, -0.25) is 9.36 Å². The lowest BCUT2D eigenvalue weighted by Crippen LogP contribution is -2.35. The molecule has 3 rings (SSSR count). The van der Waals surface area contributed by atoms with Gasteiger partial charge in [-0.25, -0.2) is 9.18 Å². The third kappa shape index (κ3) is 4.73. The predicted octanol–water partition coefficient (Wildman–Crippen LogP) is 2.93. The summed E-state index contributed by atoms with van der Waals surface area (Å²) in [5, 5.41) is 2.83. The Labute approximate surface area is 162 Å². The van der Waals surface area contributed by atoms with Gasteiger partial charge in [0.1, 0.15) is 18.1 Å². The summed E-state index contributed by atoms with van der Waals surface area (Å²) in [5.74, 6) is 0.0629. The van der Waals surface area contributed by atoms with E-state index in [-0.39, 0.29) is 24.2 Å². The maximum atomic E-state index is 13.2. The van der Waals surface area contributed by atoms with Gasteiger partial charge in [0.2, 0.25) is 5.91 Å². The molecule has 0 aliphatic heterocycles. The average Bonchev–Trinajstić information content (AvgIpc) is 3.17. The van der Waals surface area contributed by atoms with E-state index in [0.717, 1.165) is 11.3 Å². The van der Waals surface area contributed by atoms with Gasteiger partial charge in [-0.1, -0.05) is 12.1 Å². The van der Waals surface area contributed by atoms with E-state index in [1.807, 2.05) is 6.07 Å². The molecule has 0 fully saturated rings.